The molecule has 0 amide bonds. The maximum atomic E-state index is 6.84. The highest BCUT2D eigenvalue weighted by Gasteiger charge is 2.36. The van der Waals surface area contributed by atoms with E-state index in [-0.39, 0.29) is 38.2 Å². The largest absolute Gasteiger partial charge is 0.456 e. The molecule has 1 heterocycles. The van der Waals surface area contributed by atoms with Gasteiger partial charge in [0, 0.05) is 16.2 Å². The van der Waals surface area contributed by atoms with Gasteiger partial charge in [-0.3, -0.25) is 0 Å². The van der Waals surface area contributed by atoms with E-state index in [1.165, 1.54) is 22.3 Å². The minimum Gasteiger partial charge on any atom is -0.456 e. The molecular weight excluding hydrogens is 656 g/mol. The Balaban J connectivity index is 1.21. The van der Waals surface area contributed by atoms with Crippen LogP contribution >= 0.6 is 0 Å². The molecule has 11 rings (SSSR count). The van der Waals surface area contributed by atoms with Crippen molar-refractivity contribution in [3.05, 3.63) is 114 Å². The molecule has 0 aliphatic heterocycles. The summed E-state index contributed by atoms with van der Waals surface area (Å²) in [6.07, 6.45) is 0. The third-order valence-corrected chi connectivity index (χ3v) is 12.5. The van der Waals surface area contributed by atoms with Gasteiger partial charge < -0.3 is 4.42 Å². The lowest BCUT2D eigenvalue weighted by Crippen LogP contribution is -2.52. The average Bonchev–Trinajstić information content (AvgIpc) is 3.67. The lowest BCUT2D eigenvalue weighted by molar-refractivity contribution is 0.647. The molecule has 1 nitrogen and oxygen atoms in total. The first-order valence-corrected chi connectivity index (χ1v) is 18.3. The smallest absolute Gasteiger partial charge is 0.136 e. The Morgan fingerprint density at radius 2 is 0.964 bits per heavy atom. The van der Waals surface area contributed by atoms with Gasteiger partial charge in [-0.05, 0) is 106 Å². The Morgan fingerprint density at radius 3 is 1.67 bits per heavy atom. The first-order valence-electron chi connectivity index (χ1n) is 18.3. The van der Waals surface area contributed by atoms with Crippen LogP contribution in [0.25, 0.3) is 98.4 Å². The fourth-order valence-corrected chi connectivity index (χ4v) is 9.70. The standard InChI is InChI=1S/C47H23B7O/c1-47(2)30-8-4-3-6-23(30)28-18-29-33(19-31(28)47)55-32-9-5-7-24(36(29)32)22-14-10-20-12-16-26-27(17-13-21-11-15-25(22)34(20)35(21)26)37-38-39(42(50)44(52)40(37)48)43(51)46(54)45(53)41(38)49/h3-19H,1-2H3. The molecule has 0 unspecified atom stereocenters. The molecule has 0 spiro atoms. The van der Waals surface area contributed by atoms with Crippen LogP contribution in [-0.2, 0) is 5.41 Å². The van der Waals surface area contributed by atoms with Crippen LogP contribution in [0.1, 0.15) is 25.0 Å². The van der Waals surface area contributed by atoms with E-state index in [0.29, 0.717) is 21.8 Å². The van der Waals surface area contributed by atoms with E-state index < -0.39 is 0 Å². The summed E-state index contributed by atoms with van der Waals surface area (Å²) in [6, 6.07) is 36.9. The van der Waals surface area contributed by atoms with Gasteiger partial charge >= 0.3 is 0 Å². The highest BCUT2D eigenvalue weighted by Crippen LogP contribution is 2.52. The zero-order chi connectivity index (χ0) is 37.8. The second kappa shape index (κ2) is 11.1. The number of hydrogen-bond donors (Lipinski definition) is 0. The maximum Gasteiger partial charge on any atom is 0.136 e. The van der Waals surface area contributed by atoms with Crippen LogP contribution in [-0.4, -0.2) is 54.9 Å². The fraction of sp³-hybridized carbons (Fsp3) is 0.0638. The molecule has 1 aliphatic rings. The number of fused-ring (bicyclic) bond motifs is 7. The molecule has 0 atom stereocenters. The highest BCUT2D eigenvalue weighted by atomic mass is 16.3. The number of benzene rings is 9. The van der Waals surface area contributed by atoms with Crippen LogP contribution in [0.4, 0.5) is 0 Å². The number of rotatable bonds is 2. The molecule has 1 aliphatic carbocycles. The van der Waals surface area contributed by atoms with E-state index in [2.05, 4.69) is 111 Å². The highest BCUT2D eigenvalue weighted by molar-refractivity contribution is 6.72. The van der Waals surface area contributed by atoms with E-state index in [1.54, 1.807) is 0 Å². The van der Waals surface area contributed by atoms with Gasteiger partial charge in [0.15, 0.2) is 0 Å². The lowest BCUT2D eigenvalue weighted by atomic mass is 9.58. The minimum absolute atomic E-state index is 0.125. The molecular formula is C47H23B7O. The number of hydrogen-bond acceptors (Lipinski definition) is 1. The summed E-state index contributed by atoms with van der Waals surface area (Å²) in [4.78, 5) is 0. The van der Waals surface area contributed by atoms with E-state index in [1.807, 2.05) is 6.07 Å². The van der Waals surface area contributed by atoms with Gasteiger partial charge in [-0.2, -0.15) is 0 Å². The van der Waals surface area contributed by atoms with Gasteiger partial charge in [0.25, 0.3) is 0 Å². The summed E-state index contributed by atoms with van der Waals surface area (Å²) >= 11 is 0. The molecule has 9 aromatic carbocycles. The van der Waals surface area contributed by atoms with Crippen LogP contribution in [0.2, 0.25) is 0 Å². The van der Waals surface area contributed by atoms with Crippen LogP contribution < -0.4 is 38.2 Å². The molecule has 8 heteroatoms. The van der Waals surface area contributed by atoms with Gasteiger partial charge in [0.05, 0.1) is 0 Å². The van der Waals surface area contributed by atoms with E-state index in [4.69, 9.17) is 59.3 Å². The van der Waals surface area contributed by atoms with E-state index in [0.717, 1.165) is 70.9 Å². The average molecular weight is 679 g/mol. The quantitative estimate of drug-likeness (QED) is 0.189. The van der Waals surface area contributed by atoms with E-state index in [9.17, 15) is 0 Å². The molecule has 238 valence electrons. The summed E-state index contributed by atoms with van der Waals surface area (Å²) in [7, 11) is 45.9. The second-order valence-corrected chi connectivity index (χ2v) is 15.5. The first-order chi connectivity index (χ1) is 26.5. The summed E-state index contributed by atoms with van der Waals surface area (Å²) in [5.41, 5.74) is 12.0. The maximum absolute atomic E-state index is 6.84. The third-order valence-electron chi connectivity index (χ3n) is 12.5. The third kappa shape index (κ3) is 4.13. The molecule has 55 heavy (non-hydrogen) atoms. The van der Waals surface area contributed by atoms with Crippen molar-refractivity contribution >= 4 is 158 Å². The Morgan fingerprint density at radius 1 is 0.382 bits per heavy atom. The summed E-state index contributed by atoms with van der Waals surface area (Å²) in [5.74, 6) is 0. The van der Waals surface area contributed by atoms with Gasteiger partial charge in [-0.1, -0.05) is 121 Å². The van der Waals surface area contributed by atoms with Gasteiger partial charge in [0.2, 0.25) is 0 Å². The summed E-state index contributed by atoms with van der Waals surface area (Å²) in [6.45, 7) is 4.59. The number of furan rings is 1. The fourth-order valence-electron chi connectivity index (χ4n) is 9.70. The molecule has 10 aromatic rings. The van der Waals surface area contributed by atoms with Crippen LogP contribution in [0, 0.1) is 0 Å². The molecule has 1 aromatic heterocycles. The minimum atomic E-state index is -0.125. The van der Waals surface area contributed by atoms with Crippen molar-refractivity contribution in [3.63, 3.8) is 0 Å². The molecule has 0 fully saturated rings. The Labute approximate surface area is 328 Å². The lowest BCUT2D eigenvalue weighted by Gasteiger charge is -2.26. The van der Waals surface area contributed by atoms with Crippen molar-refractivity contribution in [2.24, 2.45) is 0 Å². The van der Waals surface area contributed by atoms with Crippen LogP contribution in [0.3, 0.4) is 0 Å². The van der Waals surface area contributed by atoms with Crippen molar-refractivity contribution < 1.29 is 4.42 Å². The summed E-state index contributed by atoms with van der Waals surface area (Å²) < 4.78 is 6.65. The molecule has 0 bridgehead atoms. The molecule has 0 saturated heterocycles. The molecule has 0 saturated carbocycles. The Bertz CT molecular complexity index is 3370. The van der Waals surface area contributed by atoms with Crippen molar-refractivity contribution in [1.29, 1.82) is 0 Å². The summed E-state index contributed by atoms with van der Waals surface area (Å²) in [5, 5.41) is 9.69. The van der Waals surface area contributed by atoms with Gasteiger partial charge in [0.1, 0.15) is 66.1 Å². The topological polar surface area (TPSA) is 13.1 Å². The normalized spacial score (nSPS) is 13.6. The second-order valence-electron chi connectivity index (χ2n) is 15.5. The van der Waals surface area contributed by atoms with E-state index >= 15 is 0 Å². The predicted molar refractivity (Wildman–Crippen MR) is 241 cm³/mol. The SMILES string of the molecule is [B]c1c([B])c([B])c2c(-c3ccc4ccc5c(-c6cccc7oc8cc9c(cc8c67)-c6ccccc6C9(C)C)ccc6ccc3c4c65)c([B])c([B])c([B])c2c1[B]. The zero-order valence-corrected chi connectivity index (χ0v) is 30.3. The van der Waals surface area contributed by atoms with Gasteiger partial charge in [-0.25, -0.2) is 0 Å². The van der Waals surface area contributed by atoms with Crippen molar-refractivity contribution in [2.45, 2.75) is 19.3 Å². The van der Waals surface area contributed by atoms with Crippen LogP contribution in [0.15, 0.2) is 108 Å². The molecule has 14 radical (unpaired) electrons. The molecule has 0 N–H and O–H groups in total. The Hall–Kier alpha value is -5.47. The van der Waals surface area contributed by atoms with Gasteiger partial charge in [-0.15, -0.1) is 16.4 Å². The monoisotopic (exact) mass is 680 g/mol. The first kappa shape index (κ1) is 32.9. The zero-order valence-electron chi connectivity index (χ0n) is 30.3. The Kier molecular flexibility index (Phi) is 6.63. The predicted octanol–water partition coefficient (Wildman–Crippen LogP) is 4.83. The van der Waals surface area contributed by atoms with Crippen molar-refractivity contribution in [2.75, 3.05) is 0 Å². The van der Waals surface area contributed by atoms with Crippen molar-refractivity contribution in [1.82, 2.24) is 0 Å². The van der Waals surface area contributed by atoms with Crippen LogP contribution in [0.5, 0.6) is 0 Å². The van der Waals surface area contributed by atoms with Crippen molar-refractivity contribution in [3.8, 4) is 33.4 Å².